The fourth-order valence-electron chi connectivity index (χ4n) is 3.34. The maximum absolute atomic E-state index is 5.60. The summed E-state index contributed by atoms with van der Waals surface area (Å²) in [5.74, 6) is 0. The van der Waals surface area contributed by atoms with Crippen molar-refractivity contribution in [1.82, 2.24) is 4.90 Å². The summed E-state index contributed by atoms with van der Waals surface area (Å²) in [7, 11) is 1.84. The minimum Gasteiger partial charge on any atom is -0.366 e. The Hall–Kier alpha value is -0.860. The van der Waals surface area contributed by atoms with Crippen molar-refractivity contribution >= 4 is 0 Å². The summed E-state index contributed by atoms with van der Waals surface area (Å²) in [6, 6.07) is 11.0. The van der Waals surface area contributed by atoms with E-state index in [1.807, 2.05) is 7.11 Å². The Morgan fingerprint density at radius 1 is 1.19 bits per heavy atom. The predicted octanol–water partition coefficient (Wildman–Crippen LogP) is 2.40. The number of hydrogen-bond acceptors (Lipinski definition) is 2. The van der Waals surface area contributed by atoms with Gasteiger partial charge in [0.1, 0.15) is 6.23 Å². The van der Waals surface area contributed by atoms with Gasteiger partial charge in [-0.1, -0.05) is 30.3 Å². The number of benzene rings is 1. The molecule has 0 N–H and O–H groups in total. The van der Waals surface area contributed by atoms with Crippen LogP contribution in [0, 0.1) is 0 Å². The number of ether oxygens (including phenoxy) is 1. The second-order valence-corrected chi connectivity index (χ2v) is 5.08. The van der Waals surface area contributed by atoms with Gasteiger partial charge in [0, 0.05) is 25.6 Å². The van der Waals surface area contributed by atoms with Gasteiger partial charge in [-0.2, -0.15) is 0 Å². The molecule has 0 aromatic heterocycles. The molecule has 3 aliphatic rings. The largest absolute Gasteiger partial charge is 0.366 e. The first-order valence-corrected chi connectivity index (χ1v) is 6.16. The van der Waals surface area contributed by atoms with Gasteiger partial charge in [-0.05, 0) is 24.8 Å². The molecular weight excluding hydrogens is 198 g/mol. The molecule has 0 spiro atoms. The van der Waals surface area contributed by atoms with Crippen molar-refractivity contribution in [3.8, 4) is 0 Å². The van der Waals surface area contributed by atoms with Crippen molar-refractivity contribution in [3.63, 3.8) is 0 Å². The van der Waals surface area contributed by atoms with Crippen LogP contribution >= 0.6 is 0 Å². The van der Waals surface area contributed by atoms with Crippen molar-refractivity contribution in [2.45, 2.75) is 30.9 Å². The van der Waals surface area contributed by atoms with E-state index in [-0.39, 0.29) is 0 Å². The predicted molar refractivity (Wildman–Crippen MR) is 64.3 cm³/mol. The molecule has 3 fully saturated rings. The Kier molecular flexibility index (Phi) is 2.49. The average molecular weight is 217 g/mol. The second-order valence-electron chi connectivity index (χ2n) is 5.08. The average Bonchev–Trinajstić information content (AvgIpc) is 2.41. The third kappa shape index (κ3) is 1.48. The smallest absolute Gasteiger partial charge is 0.111 e. The molecule has 1 aromatic carbocycles. The van der Waals surface area contributed by atoms with Crippen molar-refractivity contribution in [3.05, 3.63) is 35.9 Å². The zero-order chi connectivity index (χ0) is 11.0. The van der Waals surface area contributed by atoms with Gasteiger partial charge >= 0.3 is 0 Å². The van der Waals surface area contributed by atoms with Crippen LogP contribution in [0.5, 0.6) is 0 Å². The van der Waals surface area contributed by atoms with Crippen LogP contribution in [-0.4, -0.2) is 31.3 Å². The van der Waals surface area contributed by atoms with Gasteiger partial charge in [-0.3, -0.25) is 4.90 Å². The monoisotopic (exact) mass is 217 g/mol. The van der Waals surface area contributed by atoms with Crippen LogP contribution in [0.2, 0.25) is 0 Å². The number of hydrogen-bond donors (Lipinski definition) is 0. The fraction of sp³-hybridized carbons (Fsp3) is 0.571. The van der Waals surface area contributed by atoms with E-state index in [2.05, 4.69) is 35.2 Å². The third-order valence-electron chi connectivity index (χ3n) is 4.39. The van der Waals surface area contributed by atoms with Crippen molar-refractivity contribution in [1.29, 1.82) is 0 Å². The molecule has 16 heavy (non-hydrogen) atoms. The molecule has 2 nitrogen and oxygen atoms in total. The minimum atomic E-state index is 0.336. The lowest BCUT2D eigenvalue weighted by molar-refractivity contribution is -0.111. The van der Waals surface area contributed by atoms with E-state index in [1.165, 1.54) is 31.5 Å². The van der Waals surface area contributed by atoms with E-state index >= 15 is 0 Å². The molecule has 0 saturated carbocycles. The summed E-state index contributed by atoms with van der Waals surface area (Å²) in [6.07, 6.45) is 4.07. The highest BCUT2D eigenvalue weighted by Gasteiger charge is 2.45. The van der Waals surface area contributed by atoms with Gasteiger partial charge in [-0.15, -0.1) is 0 Å². The fourth-order valence-corrected chi connectivity index (χ4v) is 3.34. The maximum atomic E-state index is 5.60. The molecule has 1 aromatic rings. The standard InChI is InChI=1S/C14H19NO/c1-16-13-11-14(7-9-15(13)10-8-14)12-5-3-2-4-6-12/h2-6,13H,7-11H2,1H3. The van der Waals surface area contributed by atoms with Gasteiger partial charge < -0.3 is 4.74 Å². The maximum Gasteiger partial charge on any atom is 0.111 e. The van der Waals surface area contributed by atoms with E-state index in [0.717, 1.165) is 6.42 Å². The van der Waals surface area contributed by atoms with Crippen LogP contribution in [0.1, 0.15) is 24.8 Å². The van der Waals surface area contributed by atoms with E-state index < -0.39 is 0 Å². The van der Waals surface area contributed by atoms with E-state index in [1.54, 1.807) is 0 Å². The number of piperidine rings is 3. The minimum absolute atomic E-state index is 0.336. The quantitative estimate of drug-likeness (QED) is 0.754. The van der Waals surface area contributed by atoms with Crippen LogP contribution in [0.15, 0.2) is 30.3 Å². The molecule has 2 heteroatoms. The lowest BCUT2D eigenvalue weighted by Gasteiger charge is -2.52. The zero-order valence-corrected chi connectivity index (χ0v) is 9.86. The highest BCUT2D eigenvalue weighted by Crippen LogP contribution is 2.45. The SMILES string of the molecule is COC1CC2(c3ccccc3)CCN1CC2. The van der Waals surface area contributed by atoms with Crippen LogP contribution in [-0.2, 0) is 10.2 Å². The van der Waals surface area contributed by atoms with E-state index in [9.17, 15) is 0 Å². The molecule has 86 valence electrons. The van der Waals surface area contributed by atoms with E-state index in [4.69, 9.17) is 4.74 Å². The summed E-state index contributed by atoms with van der Waals surface area (Å²) in [6.45, 7) is 2.38. The van der Waals surface area contributed by atoms with Crippen LogP contribution in [0.4, 0.5) is 0 Å². The molecule has 3 aliphatic heterocycles. The number of nitrogens with zero attached hydrogens (tertiary/aromatic N) is 1. The molecule has 1 atom stereocenters. The van der Waals surface area contributed by atoms with Crippen LogP contribution in [0.25, 0.3) is 0 Å². The van der Waals surface area contributed by atoms with Crippen molar-refractivity contribution < 1.29 is 4.74 Å². The second kappa shape index (κ2) is 3.86. The number of methoxy groups -OCH3 is 1. The van der Waals surface area contributed by atoms with Crippen molar-refractivity contribution in [2.24, 2.45) is 0 Å². The summed E-state index contributed by atoms with van der Waals surface area (Å²) < 4.78 is 5.60. The molecule has 3 heterocycles. The molecular formula is C14H19NO. The summed E-state index contributed by atoms with van der Waals surface area (Å²) in [5.41, 5.74) is 1.90. The van der Waals surface area contributed by atoms with Crippen LogP contribution in [0.3, 0.4) is 0 Å². The van der Waals surface area contributed by atoms with Gasteiger partial charge in [0.15, 0.2) is 0 Å². The topological polar surface area (TPSA) is 12.5 Å². The molecule has 3 saturated heterocycles. The Morgan fingerprint density at radius 2 is 1.88 bits per heavy atom. The van der Waals surface area contributed by atoms with Gasteiger partial charge in [0.05, 0.1) is 0 Å². The highest BCUT2D eigenvalue weighted by atomic mass is 16.5. The lowest BCUT2D eigenvalue weighted by atomic mass is 9.67. The molecule has 4 rings (SSSR count). The first kappa shape index (κ1) is 10.3. The summed E-state index contributed by atoms with van der Waals surface area (Å²) in [4.78, 5) is 2.48. The molecule has 0 amide bonds. The molecule has 2 bridgehead atoms. The van der Waals surface area contributed by atoms with Gasteiger partial charge in [-0.25, -0.2) is 0 Å². The van der Waals surface area contributed by atoms with E-state index in [0.29, 0.717) is 11.6 Å². The Morgan fingerprint density at radius 3 is 2.50 bits per heavy atom. The number of rotatable bonds is 2. The molecule has 0 aliphatic carbocycles. The van der Waals surface area contributed by atoms with Crippen molar-refractivity contribution in [2.75, 3.05) is 20.2 Å². The lowest BCUT2D eigenvalue weighted by Crippen LogP contribution is -2.56. The normalized spacial score (nSPS) is 37.6. The Balaban J connectivity index is 1.93. The Labute approximate surface area is 97.2 Å². The Bertz CT molecular complexity index is 354. The van der Waals surface area contributed by atoms with Gasteiger partial charge in [0.25, 0.3) is 0 Å². The zero-order valence-electron chi connectivity index (χ0n) is 9.86. The number of fused-ring (bicyclic) bond motifs is 3. The molecule has 1 unspecified atom stereocenters. The highest BCUT2D eigenvalue weighted by molar-refractivity contribution is 5.27. The first-order chi connectivity index (χ1) is 7.84. The third-order valence-corrected chi connectivity index (χ3v) is 4.39. The molecule has 0 radical (unpaired) electrons. The first-order valence-electron chi connectivity index (χ1n) is 6.16. The van der Waals surface area contributed by atoms with Crippen LogP contribution < -0.4 is 0 Å². The summed E-state index contributed by atoms with van der Waals surface area (Å²) >= 11 is 0. The van der Waals surface area contributed by atoms with Gasteiger partial charge in [0.2, 0.25) is 0 Å². The summed E-state index contributed by atoms with van der Waals surface area (Å²) in [5, 5.41) is 0.